The third-order valence-corrected chi connectivity index (χ3v) is 2.96. The quantitative estimate of drug-likeness (QED) is 0.850. The SMILES string of the molecule is COc1ccc2nc(Cl)nc(NC3CC3)c2c1. The van der Waals surface area contributed by atoms with E-state index >= 15 is 0 Å². The molecule has 4 nitrogen and oxygen atoms in total. The van der Waals surface area contributed by atoms with Gasteiger partial charge in [0.1, 0.15) is 11.6 Å². The first kappa shape index (κ1) is 10.6. The Hall–Kier alpha value is -1.55. The molecule has 1 fully saturated rings. The molecule has 5 heteroatoms. The molecule has 0 unspecified atom stereocenters. The van der Waals surface area contributed by atoms with E-state index in [0.717, 1.165) is 22.5 Å². The first-order chi connectivity index (χ1) is 8.26. The normalized spacial score (nSPS) is 14.9. The highest BCUT2D eigenvalue weighted by Gasteiger charge is 2.22. The van der Waals surface area contributed by atoms with Crippen molar-refractivity contribution in [1.82, 2.24) is 9.97 Å². The number of nitrogens with zero attached hydrogens (tertiary/aromatic N) is 2. The van der Waals surface area contributed by atoms with Crippen molar-refractivity contribution >= 4 is 28.3 Å². The third-order valence-electron chi connectivity index (χ3n) is 2.79. The second kappa shape index (κ2) is 4.04. The van der Waals surface area contributed by atoms with E-state index in [2.05, 4.69) is 15.3 Å². The van der Waals surface area contributed by atoms with Crippen LogP contribution in [0.2, 0.25) is 5.28 Å². The van der Waals surface area contributed by atoms with Crippen LogP contribution >= 0.6 is 11.6 Å². The Kier molecular flexibility index (Phi) is 2.52. The van der Waals surface area contributed by atoms with Crippen LogP contribution in [-0.4, -0.2) is 23.1 Å². The number of rotatable bonds is 3. The fourth-order valence-electron chi connectivity index (χ4n) is 1.74. The molecule has 0 radical (unpaired) electrons. The van der Waals surface area contributed by atoms with E-state index in [1.165, 1.54) is 12.8 Å². The largest absolute Gasteiger partial charge is 0.497 e. The van der Waals surface area contributed by atoms with Crippen LogP contribution in [0.3, 0.4) is 0 Å². The van der Waals surface area contributed by atoms with Crippen molar-refractivity contribution in [2.75, 3.05) is 12.4 Å². The molecular weight excluding hydrogens is 238 g/mol. The molecule has 17 heavy (non-hydrogen) atoms. The van der Waals surface area contributed by atoms with E-state index in [0.29, 0.717) is 6.04 Å². The van der Waals surface area contributed by atoms with E-state index in [1.54, 1.807) is 7.11 Å². The average molecular weight is 250 g/mol. The Morgan fingerprint density at radius 3 is 2.88 bits per heavy atom. The highest BCUT2D eigenvalue weighted by Crippen LogP contribution is 2.30. The minimum Gasteiger partial charge on any atom is -0.497 e. The monoisotopic (exact) mass is 249 g/mol. The molecule has 88 valence electrons. The summed E-state index contributed by atoms with van der Waals surface area (Å²) < 4.78 is 5.21. The molecule has 1 aliphatic rings. The molecular formula is C12H12ClN3O. The molecule has 1 aliphatic carbocycles. The molecule has 0 saturated heterocycles. The van der Waals surface area contributed by atoms with Crippen molar-refractivity contribution in [2.24, 2.45) is 0 Å². The van der Waals surface area contributed by atoms with Crippen molar-refractivity contribution in [3.8, 4) is 5.75 Å². The molecule has 0 amide bonds. The topological polar surface area (TPSA) is 47.0 Å². The lowest BCUT2D eigenvalue weighted by Gasteiger charge is -2.09. The molecule has 1 saturated carbocycles. The molecule has 1 heterocycles. The summed E-state index contributed by atoms with van der Waals surface area (Å²) in [4.78, 5) is 8.44. The van der Waals surface area contributed by atoms with Gasteiger partial charge in [-0.2, -0.15) is 0 Å². The van der Waals surface area contributed by atoms with Gasteiger partial charge in [-0.05, 0) is 42.6 Å². The predicted octanol–water partition coefficient (Wildman–Crippen LogP) is 2.87. The van der Waals surface area contributed by atoms with Gasteiger partial charge < -0.3 is 10.1 Å². The Morgan fingerprint density at radius 2 is 2.18 bits per heavy atom. The third kappa shape index (κ3) is 2.13. The molecule has 1 aromatic heterocycles. The molecule has 2 aromatic rings. The minimum atomic E-state index is 0.269. The van der Waals surface area contributed by atoms with Gasteiger partial charge in [0.15, 0.2) is 0 Å². The van der Waals surface area contributed by atoms with Crippen LogP contribution in [0.15, 0.2) is 18.2 Å². The summed E-state index contributed by atoms with van der Waals surface area (Å²) >= 11 is 5.91. The highest BCUT2D eigenvalue weighted by molar-refractivity contribution is 6.28. The fourth-order valence-corrected chi connectivity index (χ4v) is 1.91. The Balaban J connectivity index is 2.14. The smallest absolute Gasteiger partial charge is 0.224 e. The number of anilines is 1. The number of hydrogen-bond donors (Lipinski definition) is 1. The fraction of sp³-hybridized carbons (Fsp3) is 0.333. The zero-order chi connectivity index (χ0) is 11.8. The van der Waals surface area contributed by atoms with Crippen LogP contribution in [0.4, 0.5) is 5.82 Å². The zero-order valence-electron chi connectivity index (χ0n) is 9.40. The van der Waals surface area contributed by atoms with E-state index in [4.69, 9.17) is 16.3 Å². The van der Waals surface area contributed by atoms with Crippen LogP contribution < -0.4 is 10.1 Å². The van der Waals surface area contributed by atoms with Gasteiger partial charge in [-0.25, -0.2) is 9.97 Å². The number of aromatic nitrogens is 2. The summed E-state index contributed by atoms with van der Waals surface area (Å²) in [6, 6.07) is 6.21. The van der Waals surface area contributed by atoms with Crippen molar-refractivity contribution < 1.29 is 4.74 Å². The average Bonchev–Trinajstić information content (AvgIpc) is 3.12. The number of methoxy groups -OCH3 is 1. The molecule has 1 N–H and O–H groups in total. The highest BCUT2D eigenvalue weighted by atomic mass is 35.5. The zero-order valence-corrected chi connectivity index (χ0v) is 10.2. The molecule has 3 rings (SSSR count). The first-order valence-corrected chi connectivity index (χ1v) is 5.92. The number of nitrogens with one attached hydrogen (secondary N) is 1. The number of hydrogen-bond acceptors (Lipinski definition) is 4. The number of ether oxygens (including phenoxy) is 1. The number of fused-ring (bicyclic) bond motifs is 1. The Morgan fingerprint density at radius 1 is 1.35 bits per heavy atom. The molecule has 0 aliphatic heterocycles. The van der Waals surface area contributed by atoms with E-state index in [1.807, 2.05) is 18.2 Å². The summed E-state index contributed by atoms with van der Waals surface area (Å²) in [5.41, 5.74) is 0.828. The van der Waals surface area contributed by atoms with Crippen LogP contribution in [0.5, 0.6) is 5.75 Å². The standard InChI is InChI=1S/C12H12ClN3O/c1-17-8-4-5-10-9(6-8)11(14-7-2-3-7)16-12(13)15-10/h4-7H,2-3H2,1H3,(H,14,15,16). The van der Waals surface area contributed by atoms with Gasteiger partial charge in [0.05, 0.1) is 12.6 Å². The number of halogens is 1. The summed E-state index contributed by atoms with van der Waals surface area (Å²) in [6.45, 7) is 0. The van der Waals surface area contributed by atoms with Gasteiger partial charge in [0.2, 0.25) is 5.28 Å². The predicted molar refractivity (Wildman–Crippen MR) is 67.7 cm³/mol. The summed E-state index contributed by atoms with van der Waals surface area (Å²) in [7, 11) is 1.64. The van der Waals surface area contributed by atoms with Gasteiger partial charge in [-0.3, -0.25) is 0 Å². The minimum absolute atomic E-state index is 0.269. The van der Waals surface area contributed by atoms with Gasteiger partial charge >= 0.3 is 0 Å². The van der Waals surface area contributed by atoms with Gasteiger partial charge in [-0.1, -0.05) is 0 Å². The summed E-state index contributed by atoms with van der Waals surface area (Å²) in [5, 5.41) is 4.57. The molecule has 0 atom stereocenters. The van der Waals surface area contributed by atoms with E-state index in [9.17, 15) is 0 Å². The van der Waals surface area contributed by atoms with E-state index < -0.39 is 0 Å². The first-order valence-electron chi connectivity index (χ1n) is 5.54. The van der Waals surface area contributed by atoms with Crippen molar-refractivity contribution in [3.63, 3.8) is 0 Å². The lowest BCUT2D eigenvalue weighted by atomic mass is 10.2. The molecule has 1 aromatic carbocycles. The maximum Gasteiger partial charge on any atom is 0.224 e. The maximum absolute atomic E-state index is 5.91. The second-order valence-electron chi connectivity index (χ2n) is 4.14. The van der Waals surface area contributed by atoms with Gasteiger partial charge in [-0.15, -0.1) is 0 Å². The molecule has 0 bridgehead atoms. The van der Waals surface area contributed by atoms with Crippen LogP contribution in [0.1, 0.15) is 12.8 Å². The lowest BCUT2D eigenvalue weighted by molar-refractivity contribution is 0.415. The summed E-state index contributed by atoms with van der Waals surface area (Å²) in [6.07, 6.45) is 2.38. The Labute approximate surface area is 104 Å². The van der Waals surface area contributed by atoms with Crippen molar-refractivity contribution in [3.05, 3.63) is 23.5 Å². The molecule has 0 spiro atoms. The van der Waals surface area contributed by atoms with Crippen molar-refractivity contribution in [2.45, 2.75) is 18.9 Å². The van der Waals surface area contributed by atoms with E-state index in [-0.39, 0.29) is 5.28 Å². The van der Waals surface area contributed by atoms with Crippen molar-refractivity contribution in [1.29, 1.82) is 0 Å². The van der Waals surface area contributed by atoms with Crippen LogP contribution in [-0.2, 0) is 0 Å². The lowest BCUT2D eigenvalue weighted by Crippen LogP contribution is -2.04. The van der Waals surface area contributed by atoms with Gasteiger partial charge in [0, 0.05) is 11.4 Å². The second-order valence-corrected chi connectivity index (χ2v) is 4.48. The summed E-state index contributed by atoms with van der Waals surface area (Å²) in [5.74, 6) is 1.59. The Bertz CT molecular complexity index is 569. The number of benzene rings is 1. The maximum atomic E-state index is 5.91. The van der Waals surface area contributed by atoms with Crippen LogP contribution in [0.25, 0.3) is 10.9 Å². The van der Waals surface area contributed by atoms with Crippen LogP contribution in [0, 0.1) is 0 Å². The van der Waals surface area contributed by atoms with Gasteiger partial charge in [0.25, 0.3) is 0 Å².